The lowest BCUT2D eigenvalue weighted by atomic mass is 10.1. The van der Waals surface area contributed by atoms with Gasteiger partial charge in [-0.05, 0) is 43.5 Å². The number of nitriles is 1. The summed E-state index contributed by atoms with van der Waals surface area (Å²) in [6.45, 7) is 1.96. The molecule has 166 valence electrons. The van der Waals surface area contributed by atoms with Crippen molar-refractivity contribution in [3.05, 3.63) is 57.7 Å². The Labute approximate surface area is 194 Å². The molecule has 1 saturated carbocycles. The van der Waals surface area contributed by atoms with Crippen molar-refractivity contribution in [2.45, 2.75) is 38.3 Å². The number of carbonyl (C=O) groups excluding carboxylic acids is 2. The van der Waals surface area contributed by atoms with E-state index in [1.54, 1.807) is 22.9 Å². The molecule has 3 N–H and O–H groups in total. The van der Waals surface area contributed by atoms with Gasteiger partial charge < -0.3 is 10.6 Å². The maximum Gasteiger partial charge on any atom is 0.254 e. The number of benzene rings is 1. The van der Waals surface area contributed by atoms with Crippen molar-refractivity contribution in [2.75, 3.05) is 10.6 Å². The number of carbonyl (C=O) groups is 2. The summed E-state index contributed by atoms with van der Waals surface area (Å²) in [5.74, 6) is 0.184. The van der Waals surface area contributed by atoms with Crippen molar-refractivity contribution in [3.8, 4) is 6.07 Å². The Hall–Kier alpha value is -3.90. The highest BCUT2D eigenvalue weighted by atomic mass is 35.5. The van der Waals surface area contributed by atoms with Gasteiger partial charge in [0.2, 0.25) is 5.91 Å². The predicted molar refractivity (Wildman–Crippen MR) is 124 cm³/mol. The molecule has 2 amide bonds. The van der Waals surface area contributed by atoms with E-state index in [-0.39, 0.29) is 24.4 Å². The summed E-state index contributed by atoms with van der Waals surface area (Å²) in [5.41, 5.74) is 2.69. The molecule has 10 heteroatoms. The highest BCUT2D eigenvalue weighted by molar-refractivity contribution is 6.30. The van der Waals surface area contributed by atoms with E-state index >= 15 is 0 Å². The van der Waals surface area contributed by atoms with E-state index < -0.39 is 5.91 Å². The monoisotopic (exact) mass is 461 g/mol. The van der Waals surface area contributed by atoms with Gasteiger partial charge in [-0.3, -0.25) is 14.9 Å². The number of fused-ring (bicyclic) bond motifs is 1. The molecule has 1 aromatic carbocycles. The zero-order chi connectivity index (χ0) is 23.1. The average molecular weight is 462 g/mol. The van der Waals surface area contributed by atoms with Gasteiger partial charge in [-0.2, -0.15) is 14.9 Å². The van der Waals surface area contributed by atoms with Gasteiger partial charge in [0, 0.05) is 22.2 Å². The molecule has 5 rings (SSSR count). The van der Waals surface area contributed by atoms with Crippen LogP contribution >= 0.6 is 11.6 Å². The summed E-state index contributed by atoms with van der Waals surface area (Å²) in [7, 11) is 0. The van der Waals surface area contributed by atoms with E-state index in [1.165, 1.54) is 0 Å². The molecule has 0 bridgehead atoms. The lowest BCUT2D eigenvalue weighted by molar-refractivity contribution is -0.124. The first-order valence-electron chi connectivity index (χ1n) is 10.6. The Balaban J connectivity index is 1.61. The van der Waals surface area contributed by atoms with Gasteiger partial charge in [-0.25, -0.2) is 4.98 Å². The zero-order valence-corrected chi connectivity index (χ0v) is 18.5. The largest absolute Gasteiger partial charge is 0.366 e. The summed E-state index contributed by atoms with van der Waals surface area (Å²) in [6.07, 6.45) is 5.23. The molecule has 1 saturated heterocycles. The summed E-state index contributed by atoms with van der Waals surface area (Å²) in [5, 5.41) is 24.0. The number of anilines is 2. The fourth-order valence-electron chi connectivity index (χ4n) is 3.75. The Morgan fingerprint density at radius 3 is 2.85 bits per heavy atom. The SMILES string of the molecule is C[C@H](Nc1nc2c(/C=C3\CC(=O)NC3=O)cnn2c(NC2CC2)c1C#N)c1cccc(Cl)c1. The molecule has 2 aliphatic rings. The minimum Gasteiger partial charge on any atom is -0.366 e. The Bertz CT molecular complexity index is 1370. The van der Waals surface area contributed by atoms with E-state index in [4.69, 9.17) is 16.6 Å². The van der Waals surface area contributed by atoms with E-state index in [1.807, 2.05) is 25.1 Å². The molecule has 1 atom stereocenters. The van der Waals surface area contributed by atoms with Crippen LogP contribution < -0.4 is 16.0 Å². The van der Waals surface area contributed by atoms with Crippen molar-refractivity contribution in [1.29, 1.82) is 5.26 Å². The van der Waals surface area contributed by atoms with Gasteiger partial charge in [0.1, 0.15) is 11.6 Å². The molecule has 1 aliphatic heterocycles. The maximum absolute atomic E-state index is 12.0. The highest BCUT2D eigenvalue weighted by Gasteiger charge is 2.28. The molecule has 0 radical (unpaired) electrons. The number of rotatable bonds is 6. The standard InChI is InChI=1S/C23H20ClN7O2/c1-12(13-3-2-4-16(24)8-13)27-20-18(10-25)22(28-17-5-6-17)31-21(30-20)15(11-26-31)7-14-9-19(32)29-23(14)33/h2-4,7-8,11-12,17,28H,5-6,9H2,1H3,(H,27,30)(H,29,32,33)/b14-7+/t12-/m0/s1. The van der Waals surface area contributed by atoms with Crippen LogP contribution in [0.4, 0.5) is 11.6 Å². The molecule has 2 aromatic heterocycles. The number of aromatic nitrogens is 3. The van der Waals surface area contributed by atoms with Crippen LogP contribution in [0.2, 0.25) is 5.02 Å². The normalized spacial score (nSPS) is 17.8. The lowest BCUT2D eigenvalue weighted by Gasteiger charge is -2.19. The molecular weight excluding hydrogens is 442 g/mol. The molecular formula is C23H20ClN7O2. The van der Waals surface area contributed by atoms with Crippen molar-refractivity contribution < 1.29 is 9.59 Å². The molecule has 2 fully saturated rings. The van der Waals surface area contributed by atoms with Crippen LogP contribution in [0.3, 0.4) is 0 Å². The molecule has 0 unspecified atom stereocenters. The molecule has 0 spiro atoms. The average Bonchev–Trinajstić information content (AvgIpc) is 3.43. The van der Waals surface area contributed by atoms with Crippen molar-refractivity contribution in [1.82, 2.24) is 19.9 Å². The third kappa shape index (κ3) is 4.13. The summed E-state index contributed by atoms with van der Waals surface area (Å²) in [6, 6.07) is 9.82. The molecule has 3 aromatic rings. The topological polar surface area (TPSA) is 124 Å². The first-order chi connectivity index (χ1) is 15.9. The number of hydrogen-bond donors (Lipinski definition) is 3. The second-order valence-corrected chi connectivity index (χ2v) is 8.63. The van der Waals surface area contributed by atoms with E-state index in [2.05, 4.69) is 27.1 Å². The lowest BCUT2D eigenvalue weighted by Crippen LogP contribution is -2.19. The van der Waals surface area contributed by atoms with Crippen LogP contribution in [-0.4, -0.2) is 32.5 Å². The first kappa shape index (κ1) is 21.0. The van der Waals surface area contributed by atoms with E-state index in [0.29, 0.717) is 39.0 Å². The van der Waals surface area contributed by atoms with Crippen molar-refractivity contribution in [2.24, 2.45) is 0 Å². The Morgan fingerprint density at radius 1 is 1.36 bits per heavy atom. The third-order valence-electron chi connectivity index (χ3n) is 5.63. The van der Waals surface area contributed by atoms with Crippen LogP contribution in [0.25, 0.3) is 11.7 Å². The van der Waals surface area contributed by atoms with Gasteiger partial charge in [0.25, 0.3) is 5.91 Å². The van der Waals surface area contributed by atoms with Gasteiger partial charge in [-0.1, -0.05) is 23.7 Å². The molecule has 9 nitrogen and oxygen atoms in total. The molecule has 1 aliphatic carbocycles. The number of nitrogens with one attached hydrogen (secondary N) is 3. The number of nitrogens with zero attached hydrogens (tertiary/aromatic N) is 4. The summed E-state index contributed by atoms with van der Waals surface area (Å²) < 4.78 is 1.58. The number of amides is 2. The van der Waals surface area contributed by atoms with Gasteiger partial charge in [0.05, 0.1) is 18.7 Å². The Morgan fingerprint density at radius 2 is 2.18 bits per heavy atom. The van der Waals surface area contributed by atoms with Crippen LogP contribution in [0.15, 0.2) is 36.0 Å². The van der Waals surface area contributed by atoms with Crippen LogP contribution in [0.5, 0.6) is 0 Å². The second kappa shape index (κ2) is 8.22. The van der Waals surface area contributed by atoms with Crippen LogP contribution in [-0.2, 0) is 9.59 Å². The minimum absolute atomic E-state index is 0.0105. The van der Waals surface area contributed by atoms with Crippen LogP contribution in [0, 0.1) is 11.3 Å². The fraction of sp³-hybridized carbons (Fsp3) is 0.261. The summed E-state index contributed by atoms with van der Waals surface area (Å²) in [4.78, 5) is 28.3. The molecule has 3 heterocycles. The smallest absolute Gasteiger partial charge is 0.254 e. The predicted octanol–water partition coefficient (Wildman–Crippen LogP) is 3.43. The van der Waals surface area contributed by atoms with E-state index in [9.17, 15) is 14.9 Å². The highest BCUT2D eigenvalue weighted by Crippen LogP contribution is 2.33. The van der Waals surface area contributed by atoms with Crippen molar-refractivity contribution in [3.63, 3.8) is 0 Å². The van der Waals surface area contributed by atoms with Crippen molar-refractivity contribution >= 4 is 46.8 Å². The first-order valence-corrected chi connectivity index (χ1v) is 11.0. The zero-order valence-electron chi connectivity index (χ0n) is 17.7. The number of hydrogen-bond acceptors (Lipinski definition) is 7. The second-order valence-electron chi connectivity index (χ2n) is 8.19. The molecule has 33 heavy (non-hydrogen) atoms. The van der Waals surface area contributed by atoms with E-state index in [0.717, 1.165) is 18.4 Å². The van der Waals surface area contributed by atoms with Gasteiger partial charge >= 0.3 is 0 Å². The third-order valence-corrected chi connectivity index (χ3v) is 5.87. The summed E-state index contributed by atoms with van der Waals surface area (Å²) >= 11 is 6.15. The quantitative estimate of drug-likeness (QED) is 0.379. The number of imide groups is 1. The fourth-order valence-corrected chi connectivity index (χ4v) is 3.95. The van der Waals surface area contributed by atoms with Crippen LogP contribution in [0.1, 0.15) is 48.9 Å². The maximum atomic E-state index is 12.0. The number of halogens is 1. The minimum atomic E-state index is -0.419. The van der Waals surface area contributed by atoms with Gasteiger partial charge in [0.15, 0.2) is 17.3 Å². The van der Waals surface area contributed by atoms with Gasteiger partial charge in [-0.15, -0.1) is 0 Å². The Kier molecular flexibility index (Phi) is 5.23.